The van der Waals surface area contributed by atoms with Crippen LogP contribution in [0.25, 0.3) is 0 Å². The lowest BCUT2D eigenvalue weighted by atomic mass is 9.95. The fourth-order valence-electron chi connectivity index (χ4n) is 2.70. The predicted molar refractivity (Wildman–Crippen MR) is 78.5 cm³/mol. The van der Waals surface area contributed by atoms with E-state index in [1.165, 1.54) is 6.07 Å². The van der Waals surface area contributed by atoms with Crippen molar-refractivity contribution in [2.24, 2.45) is 5.92 Å². The van der Waals surface area contributed by atoms with Crippen LogP contribution >= 0.6 is 23.2 Å². The maximum atomic E-state index is 11.1. The molecule has 1 heterocycles. The van der Waals surface area contributed by atoms with Gasteiger partial charge in [0.25, 0.3) is 0 Å². The van der Waals surface area contributed by atoms with E-state index in [4.69, 9.17) is 28.3 Å². The number of halogens is 2. The van der Waals surface area contributed by atoms with Crippen molar-refractivity contribution in [1.29, 1.82) is 0 Å². The van der Waals surface area contributed by atoms with Crippen molar-refractivity contribution in [3.63, 3.8) is 0 Å². The summed E-state index contributed by atoms with van der Waals surface area (Å²) in [5.74, 6) is -1.06. The molecule has 0 bridgehead atoms. The molecule has 6 heteroatoms. The molecule has 110 valence electrons. The molecule has 2 atom stereocenters. The third-order valence-electron chi connectivity index (χ3n) is 3.88. The van der Waals surface area contributed by atoms with Crippen molar-refractivity contribution in [2.75, 3.05) is 13.1 Å². The molecule has 1 saturated heterocycles. The summed E-state index contributed by atoms with van der Waals surface area (Å²) < 4.78 is 0. The maximum absolute atomic E-state index is 11.1. The van der Waals surface area contributed by atoms with Gasteiger partial charge in [0, 0.05) is 18.2 Å². The van der Waals surface area contributed by atoms with Crippen molar-refractivity contribution in [2.45, 2.75) is 25.8 Å². The molecule has 0 spiro atoms. The number of phenols is 1. The molecule has 1 aliphatic heterocycles. The number of likely N-dealkylation sites (tertiary alicyclic amines) is 1. The molecule has 0 unspecified atom stereocenters. The molecule has 2 rings (SSSR count). The first-order chi connectivity index (χ1) is 9.41. The van der Waals surface area contributed by atoms with Crippen LogP contribution in [0, 0.1) is 5.92 Å². The molecule has 0 radical (unpaired) electrons. The Balaban J connectivity index is 2.25. The number of hydrogen-bond donors (Lipinski definition) is 2. The number of hydrogen-bond acceptors (Lipinski definition) is 3. The van der Waals surface area contributed by atoms with Crippen LogP contribution in [-0.4, -0.2) is 34.2 Å². The highest BCUT2D eigenvalue weighted by Gasteiger charge is 2.30. The number of aliphatic carboxylic acids is 1. The van der Waals surface area contributed by atoms with Gasteiger partial charge in [-0.25, -0.2) is 0 Å². The van der Waals surface area contributed by atoms with E-state index in [1.54, 1.807) is 6.07 Å². The minimum atomic E-state index is -0.775. The lowest BCUT2D eigenvalue weighted by Gasteiger charge is -2.36. The molecule has 4 nitrogen and oxygen atoms in total. The lowest BCUT2D eigenvalue weighted by molar-refractivity contribution is -0.143. The van der Waals surface area contributed by atoms with E-state index in [1.807, 2.05) is 11.8 Å². The van der Waals surface area contributed by atoms with Crippen molar-refractivity contribution in [3.05, 3.63) is 27.7 Å². The van der Waals surface area contributed by atoms with Gasteiger partial charge in [-0.2, -0.15) is 0 Å². The summed E-state index contributed by atoms with van der Waals surface area (Å²) in [4.78, 5) is 13.2. The summed E-state index contributed by atoms with van der Waals surface area (Å²) in [5, 5.41) is 19.9. The molecule has 0 aromatic heterocycles. The standard InChI is InChI=1S/C14H17Cl2NO3/c1-8(12-11(18)5-4-10(15)13(12)16)17-6-2-3-9(7-17)14(19)20/h4-5,8-9,18H,2-3,6-7H2,1H3,(H,19,20)/t8-,9-/m0/s1. The smallest absolute Gasteiger partial charge is 0.307 e. The first-order valence-electron chi connectivity index (χ1n) is 6.55. The Morgan fingerprint density at radius 2 is 2.15 bits per heavy atom. The topological polar surface area (TPSA) is 60.8 Å². The van der Waals surface area contributed by atoms with Crippen LogP contribution < -0.4 is 0 Å². The zero-order valence-corrected chi connectivity index (χ0v) is 12.7. The first kappa shape index (κ1) is 15.4. The second-order valence-corrected chi connectivity index (χ2v) is 5.93. The third kappa shape index (κ3) is 3.03. The summed E-state index contributed by atoms with van der Waals surface area (Å²) >= 11 is 12.2. The van der Waals surface area contributed by atoms with Gasteiger partial charge in [-0.1, -0.05) is 23.2 Å². The monoisotopic (exact) mass is 317 g/mol. The van der Waals surface area contributed by atoms with E-state index in [0.717, 1.165) is 13.0 Å². The summed E-state index contributed by atoms with van der Waals surface area (Å²) in [7, 11) is 0. The van der Waals surface area contributed by atoms with Crippen molar-refractivity contribution in [1.82, 2.24) is 4.90 Å². The Morgan fingerprint density at radius 3 is 2.80 bits per heavy atom. The zero-order chi connectivity index (χ0) is 14.9. The van der Waals surface area contributed by atoms with Gasteiger partial charge < -0.3 is 10.2 Å². The second kappa shape index (κ2) is 6.20. The number of carboxylic acid groups (broad SMARTS) is 1. The van der Waals surface area contributed by atoms with Gasteiger partial charge in [0.15, 0.2) is 0 Å². The second-order valence-electron chi connectivity index (χ2n) is 5.14. The maximum Gasteiger partial charge on any atom is 0.307 e. The summed E-state index contributed by atoms with van der Waals surface area (Å²) in [6, 6.07) is 2.88. The SMILES string of the molecule is C[C@@H](c1c(O)ccc(Cl)c1Cl)N1CCC[C@H](C(=O)O)C1. The lowest BCUT2D eigenvalue weighted by Crippen LogP contribution is -2.40. The van der Waals surface area contributed by atoms with Crippen LogP contribution in [0.15, 0.2) is 12.1 Å². The van der Waals surface area contributed by atoms with Crippen LogP contribution in [0.3, 0.4) is 0 Å². The van der Waals surface area contributed by atoms with Gasteiger partial charge in [-0.3, -0.25) is 9.69 Å². The van der Waals surface area contributed by atoms with Gasteiger partial charge in [-0.05, 0) is 38.4 Å². The Labute approximate surface area is 127 Å². The molecule has 0 saturated carbocycles. The first-order valence-corrected chi connectivity index (χ1v) is 7.31. The van der Waals surface area contributed by atoms with Gasteiger partial charge in [0.2, 0.25) is 0 Å². The van der Waals surface area contributed by atoms with Crippen LogP contribution in [0.2, 0.25) is 10.0 Å². The Kier molecular flexibility index (Phi) is 4.78. The quantitative estimate of drug-likeness (QED) is 0.894. The van der Waals surface area contributed by atoms with E-state index in [2.05, 4.69) is 0 Å². The summed E-state index contributed by atoms with van der Waals surface area (Å²) in [6.45, 7) is 3.15. The Hall–Kier alpha value is -0.970. The number of piperidine rings is 1. The summed E-state index contributed by atoms with van der Waals surface area (Å²) in [5.41, 5.74) is 0.560. The predicted octanol–water partition coefficient (Wildman–Crippen LogP) is 3.56. The van der Waals surface area contributed by atoms with Gasteiger partial charge in [0.05, 0.1) is 16.0 Å². The Morgan fingerprint density at radius 1 is 1.45 bits per heavy atom. The van der Waals surface area contributed by atoms with E-state index >= 15 is 0 Å². The van der Waals surface area contributed by atoms with Gasteiger partial charge >= 0.3 is 5.97 Å². The molecule has 1 aromatic carbocycles. The average molecular weight is 318 g/mol. The molecule has 20 heavy (non-hydrogen) atoms. The number of benzene rings is 1. The van der Waals surface area contributed by atoms with Crippen LogP contribution in [0.5, 0.6) is 5.75 Å². The average Bonchev–Trinajstić information content (AvgIpc) is 2.43. The van der Waals surface area contributed by atoms with Gasteiger partial charge in [-0.15, -0.1) is 0 Å². The van der Waals surface area contributed by atoms with Crippen molar-refractivity contribution in [3.8, 4) is 5.75 Å². The molecule has 0 amide bonds. The fourth-order valence-corrected chi connectivity index (χ4v) is 3.18. The highest BCUT2D eigenvalue weighted by atomic mass is 35.5. The number of phenolic OH excluding ortho intramolecular Hbond substituents is 1. The van der Waals surface area contributed by atoms with E-state index < -0.39 is 5.97 Å². The number of carboxylic acids is 1. The number of carbonyl (C=O) groups is 1. The van der Waals surface area contributed by atoms with Gasteiger partial charge in [0.1, 0.15) is 5.75 Å². The minimum Gasteiger partial charge on any atom is -0.508 e. The summed E-state index contributed by atoms with van der Waals surface area (Å²) in [6.07, 6.45) is 1.51. The number of nitrogens with zero attached hydrogens (tertiary/aromatic N) is 1. The van der Waals surface area contributed by atoms with Crippen molar-refractivity contribution >= 4 is 29.2 Å². The van der Waals surface area contributed by atoms with Crippen LogP contribution in [0.1, 0.15) is 31.4 Å². The fraction of sp³-hybridized carbons (Fsp3) is 0.500. The normalized spacial score (nSPS) is 21.6. The zero-order valence-electron chi connectivity index (χ0n) is 11.1. The molecule has 0 aliphatic carbocycles. The van der Waals surface area contributed by atoms with Crippen molar-refractivity contribution < 1.29 is 15.0 Å². The molecule has 1 aliphatic rings. The molecule has 1 aromatic rings. The highest BCUT2D eigenvalue weighted by Crippen LogP contribution is 2.39. The van der Waals surface area contributed by atoms with E-state index in [9.17, 15) is 9.90 Å². The molecule has 1 fully saturated rings. The highest BCUT2D eigenvalue weighted by molar-refractivity contribution is 6.42. The largest absolute Gasteiger partial charge is 0.508 e. The molecule has 2 N–H and O–H groups in total. The van der Waals surface area contributed by atoms with Crippen LogP contribution in [-0.2, 0) is 4.79 Å². The number of aromatic hydroxyl groups is 1. The minimum absolute atomic E-state index is 0.0874. The van der Waals surface area contributed by atoms with Crippen LogP contribution in [0.4, 0.5) is 0 Å². The Bertz CT molecular complexity index is 521. The molecular weight excluding hydrogens is 301 g/mol. The van der Waals surface area contributed by atoms with E-state index in [-0.39, 0.29) is 17.7 Å². The molecular formula is C14H17Cl2NO3. The third-order valence-corrected chi connectivity index (χ3v) is 4.70. The number of rotatable bonds is 3. The van der Waals surface area contributed by atoms with E-state index in [0.29, 0.717) is 28.6 Å².